The second-order valence-corrected chi connectivity index (χ2v) is 7.52. The molecule has 1 aromatic rings. The van der Waals surface area contributed by atoms with Crippen LogP contribution in [0.3, 0.4) is 0 Å². The van der Waals surface area contributed by atoms with Crippen molar-refractivity contribution in [2.24, 2.45) is 4.99 Å². The number of aliphatic imine (C=N–C) groups is 1. The topological polar surface area (TPSA) is 89.0 Å². The van der Waals surface area contributed by atoms with Crippen LogP contribution in [0.1, 0.15) is 18.5 Å². The molecule has 1 amide bonds. The highest BCUT2D eigenvalue weighted by molar-refractivity contribution is 5.80. The van der Waals surface area contributed by atoms with Gasteiger partial charge >= 0.3 is 6.18 Å². The fraction of sp³-hybridized carbons (Fsp3) is 0.684. The van der Waals surface area contributed by atoms with Crippen molar-refractivity contribution in [2.45, 2.75) is 19.0 Å². The van der Waals surface area contributed by atoms with Gasteiger partial charge in [0.1, 0.15) is 5.69 Å². The van der Waals surface area contributed by atoms with E-state index in [-0.39, 0.29) is 11.9 Å². The number of carbonyl (C=O) groups excluding carboxylic acids is 1. The molecule has 9 nitrogen and oxygen atoms in total. The summed E-state index contributed by atoms with van der Waals surface area (Å²) in [6.45, 7) is 6.02. The summed E-state index contributed by atoms with van der Waals surface area (Å²) >= 11 is 0. The molecule has 0 spiro atoms. The van der Waals surface area contributed by atoms with Crippen molar-refractivity contribution in [1.29, 1.82) is 0 Å². The number of hydrogen-bond acceptors (Lipinski definition) is 6. The Kier molecular flexibility index (Phi) is 7.88. The highest BCUT2D eigenvalue weighted by atomic mass is 19.4. The number of amides is 1. The van der Waals surface area contributed by atoms with E-state index in [4.69, 9.17) is 0 Å². The second kappa shape index (κ2) is 10.6. The van der Waals surface area contributed by atoms with E-state index in [1.54, 1.807) is 7.05 Å². The van der Waals surface area contributed by atoms with Gasteiger partial charge in [0.25, 0.3) is 0 Å². The molecule has 2 N–H and O–H groups in total. The van der Waals surface area contributed by atoms with Crippen molar-refractivity contribution in [2.75, 3.05) is 71.3 Å². The van der Waals surface area contributed by atoms with Crippen LogP contribution in [0, 0.1) is 0 Å². The highest BCUT2D eigenvalue weighted by Crippen LogP contribution is 2.27. The summed E-state index contributed by atoms with van der Waals surface area (Å²) in [5.74, 6) is 0.858. The van der Waals surface area contributed by atoms with Crippen LogP contribution in [0.5, 0.6) is 0 Å². The van der Waals surface area contributed by atoms with Crippen LogP contribution in [0.25, 0.3) is 0 Å². The minimum absolute atomic E-state index is 0.0668. The SMILES string of the molecule is CN=C(NCCNc1nccc(C(F)(F)F)n1)N1CCN(CC(=O)N2CCCC2)CC1. The molecule has 0 radical (unpaired) electrons. The maximum atomic E-state index is 12.7. The summed E-state index contributed by atoms with van der Waals surface area (Å²) in [5.41, 5.74) is -0.977. The van der Waals surface area contributed by atoms with Crippen LogP contribution in [-0.4, -0.2) is 102 Å². The lowest BCUT2D eigenvalue weighted by Gasteiger charge is -2.36. The third-order valence-electron chi connectivity index (χ3n) is 5.34. The summed E-state index contributed by atoms with van der Waals surface area (Å²) in [6.07, 6.45) is -1.23. The largest absolute Gasteiger partial charge is 0.433 e. The number of carbonyl (C=O) groups is 1. The minimum Gasteiger partial charge on any atom is -0.354 e. The number of rotatable bonds is 6. The lowest BCUT2D eigenvalue weighted by Crippen LogP contribution is -2.54. The van der Waals surface area contributed by atoms with Crippen molar-refractivity contribution in [3.05, 3.63) is 18.0 Å². The van der Waals surface area contributed by atoms with E-state index in [0.29, 0.717) is 19.6 Å². The molecule has 3 heterocycles. The zero-order valence-corrected chi connectivity index (χ0v) is 17.7. The summed E-state index contributed by atoms with van der Waals surface area (Å²) < 4.78 is 38.1. The Morgan fingerprint density at radius 1 is 1.10 bits per heavy atom. The molecule has 2 saturated heterocycles. The number of nitrogens with one attached hydrogen (secondary N) is 2. The van der Waals surface area contributed by atoms with Crippen LogP contribution in [0.15, 0.2) is 17.3 Å². The molecule has 0 saturated carbocycles. The fourth-order valence-corrected chi connectivity index (χ4v) is 3.66. The molecule has 0 aliphatic carbocycles. The maximum Gasteiger partial charge on any atom is 0.433 e. The van der Waals surface area contributed by atoms with Crippen LogP contribution >= 0.6 is 0 Å². The van der Waals surface area contributed by atoms with Gasteiger partial charge in [-0.2, -0.15) is 13.2 Å². The van der Waals surface area contributed by atoms with E-state index < -0.39 is 11.9 Å². The first-order chi connectivity index (χ1) is 14.9. The number of guanidine groups is 1. The van der Waals surface area contributed by atoms with Gasteiger partial charge in [-0.1, -0.05) is 0 Å². The first-order valence-corrected chi connectivity index (χ1v) is 10.5. The third kappa shape index (κ3) is 6.68. The highest BCUT2D eigenvalue weighted by Gasteiger charge is 2.32. The molecule has 12 heteroatoms. The Labute approximate surface area is 179 Å². The number of alkyl halides is 3. The molecule has 3 rings (SSSR count). The fourth-order valence-electron chi connectivity index (χ4n) is 3.66. The predicted molar refractivity (Wildman–Crippen MR) is 111 cm³/mol. The van der Waals surface area contributed by atoms with Gasteiger partial charge in [0, 0.05) is 65.6 Å². The van der Waals surface area contributed by atoms with E-state index >= 15 is 0 Å². The molecule has 2 fully saturated rings. The average molecular weight is 442 g/mol. The van der Waals surface area contributed by atoms with E-state index in [9.17, 15) is 18.0 Å². The number of nitrogens with zero attached hydrogens (tertiary/aromatic N) is 6. The Balaban J connectivity index is 1.37. The van der Waals surface area contributed by atoms with Crippen LogP contribution in [0.4, 0.5) is 19.1 Å². The van der Waals surface area contributed by atoms with Gasteiger partial charge in [-0.3, -0.25) is 14.7 Å². The van der Waals surface area contributed by atoms with Crippen molar-refractivity contribution < 1.29 is 18.0 Å². The molecule has 2 aliphatic heterocycles. The number of likely N-dealkylation sites (tertiary alicyclic amines) is 1. The first-order valence-electron chi connectivity index (χ1n) is 10.5. The monoisotopic (exact) mass is 442 g/mol. The van der Waals surface area contributed by atoms with Gasteiger partial charge < -0.3 is 20.4 Å². The normalized spacial score (nSPS) is 18.4. The number of halogens is 3. The standard InChI is InChI=1S/C19H29F3N8O/c1-23-18(26-7-6-25-17-24-5-4-15(27-17)19(20,21)22)30-12-10-28(11-13-30)14-16(31)29-8-2-3-9-29/h4-5H,2-3,6-14H2,1H3,(H,23,26)(H,24,25,27). The Hall–Kier alpha value is -2.63. The molecular formula is C19H29F3N8O. The van der Waals surface area contributed by atoms with E-state index in [2.05, 4.69) is 35.4 Å². The van der Waals surface area contributed by atoms with Gasteiger partial charge in [-0.05, 0) is 18.9 Å². The third-order valence-corrected chi connectivity index (χ3v) is 5.34. The van der Waals surface area contributed by atoms with Gasteiger partial charge in [-0.25, -0.2) is 9.97 Å². The Morgan fingerprint density at radius 3 is 2.45 bits per heavy atom. The van der Waals surface area contributed by atoms with Gasteiger partial charge in [0.05, 0.1) is 6.54 Å². The molecule has 0 unspecified atom stereocenters. The van der Waals surface area contributed by atoms with Crippen molar-refractivity contribution in [3.8, 4) is 0 Å². The van der Waals surface area contributed by atoms with E-state index in [0.717, 1.165) is 70.3 Å². The number of anilines is 1. The van der Waals surface area contributed by atoms with Crippen LogP contribution in [-0.2, 0) is 11.0 Å². The van der Waals surface area contributed by atoms with Gasteiger partial charge in [0.2, 0.25) is 11.9 Å². The zero-order valence-electron chi connectivity index (χ0n) is 17.7. The van der Waals surface area contributed by atoms with Gasteiger partial charge in [-0.15, -0.1) is 0 Å². The molecule has 172 valence electrons. The molecule has 0 aromatic carbocycles. The summed E-state index contributed by atoms with van der Waals surface area (Å²) in [7, 11) is 1.69. The average Bonchev–Trinajstić information content (AvgIpc) is 3.29. The predicted octanol–water partition coefficient (Wildman–Crippen LogP) is 0.723. The summed E-state index contributed by atoms with van der Waals surface area (Å²) in [6, 6.07) is 0.837. The minimum atomic E-state index is -4.50. The molecule has 0 atom stereocenters. The second-order valence-electron chi connectivity index (χ2n) is 7.52. The smallest absolute Gasteiger partial charge is 0.354 e. The lowest BCUT2D eigenvalue weighted by atomic mass is 10.3. The molecular weight excluding hydrogens is 413 g/mol. The first kappa shape index (κ1) is 23.0. The molecule has 2 aliphatic rings. The molecule has 1 aromatic heterocycles. The van der Waals surface area contributed by atoms with Crippen molar-refractivity contribution >= 4 is 17.8 Å². The quantitative estimate of drug-likeness (QED) is 0.381. The summed E-state index contributed by atoms with van der Waals surface area (Å²) in [4.78, 5) is 30.1. The van der Waals surface area contributed by atoms with Crippen molar-refractivity contribution in [1.82, 2.24) is 30.0 Å². The van der Waals surface area contributed by atoms with E-state index in [1.807, 2.05) is 4.90 Å². The van der Waals surface area contributed by atoms with Crippen LogP contribution in [0.2, 0.25) is 0 Å². The number of hydrogen-bond donors (Lipinski definition) is 2. The molecule has 0 bridgehead atoms. The number of aromatic nitrogens is 2. The maximum absolute atomic E-state index is 12.7. The van der Waals surface area contributed by atoms with E-state index in [1.165, 1.54) is 0 Å². The lowest BCUT2D eigenvalue weighted by molar-refractivity contribution is -0.141. The van der Waals surface area contributed by atoms with Crippen LogP contribution < -0.4 is 10.6 Å². The summed E-state index contributed by atoms with van der Waals surface area (Å²) in [5, 5.41) is 5.98. The zero-order chi connectivity index (χ0) is 22.3. The number of piperazine rings is 1. The Bertz CT molecular complexity index is 759. The van der Waals surface area contributed by atoms with Crippen molar-refractivity contribution in [3.63, 3.8) is 0 Å². The van der Waals surface area contributed by atoms with Gasteiger partial charge in [0.15, 0.2) is 5.96 Å². The molecule has 31 heavy (non-hydrogen) atoms. The Morgan fingerprint density at radius 2 is 1.81 bits per heavy atom.